The Bertz CT molecular complexity index is 513. The highest BCUT2D eigenvalue weighted by Crippen LogP contribution is 2.31. The lowest BCUT2D eigenvalue weighted by Crippen LogP contribution is -2.40. The largest absolute Gasteiger partial charge is 0.366 e. The van der Waals surface area contributed by atoms with E-state index in [1.807, 2.05) is 4.90 Å². The lowest BCUT2D eigenvalue weighted by molar-refractivity contribution is -0.384. The second-order valence-corrected chi connectivity index (χ2v) is 4.91. The molecule has 0 bridgehead atoms. The number of nitrogens with zero attached hydrogens (tertiary/aromatic N) is 2. The standard InChI is InChI=1S/C14H19N3O4/c1-2-21-15-14(18)11-7-9-16(10-8-11)12-5-3-4-6-13(12)17(19)20/h3-6,11H,2,7-10H2,1H3,(H,15,18). The lowest BCUT2D eigenvalue weighted by Gasteiger charge is -2.32. The number of benzene rings is 1. The molecule has 1 aliphatic heterocycles. The van der Waals surface area contributed by atoms with Crippen LogP contribution in [0.1, 0.15) is 19.8 Å². The summed E-state index contributed by atoms with van der Waals surface area (Å²) in [5.74, 6) is -0.213. The molecule has 1 amide bonds. The summed E-state index contributed by atoms with van der Waals surface area (Å²) >= 11 is 0. The van der Waals surface area contributed by atoms with E-state index >= 15 is 0 Å². The van der Waals surface area contributed by atoms with Crippen molar-refractivity contribution in [3.8, 4) is 0 Å². The number of piperidine rings is 1. The molecule has 114 valence electrons. The Hall–Kier alpha value is -2.15. The third kappa shape index (κ3) is 3.69. The summed E-state index contributed by atoms with van der Waals surface area (Å²) in [4.78, 5) is 29.4. The van der Waals surface area contributed by atoms with Crippen LogP contribution >= 0.6 is 0 Å². The molecular formula is C14H19N3O4. The Kier molecular flexibility index (Phi) is 5.10. The van der Waals surface area contributed by atoms with Crippen LogP contribution in [-0.4, -0.2) is 30.5 Å². The van der Waals surface area contributed by atoms with Gasteiger partial charge in [-0.15, -0.1) is 0 Å². The minimum Gasteiger partial charge on any atom is -0.366 e. The van der Waals surface area contributed by atoms with E-state index in [0.29, 0.717) is 38.2 Å². The highest BCUT2D eigenvalue weighted by molar-refractivity contribution is 5.78. The Morgan fingerprint density at radius 3 is 2.71 bits per heavy atom. The van der Waals surface area contributed by atoms with Gasteiger partial charge in [0.2, 0.25) is 5.91 Å². The summed E-state index contributed by atoms with van der Waals surface area (Å²) in [6.07, 6.45) is 1.32. The molecule has 1 saturated heterocycles. The van der Waals surface area contributed by atoms with Crippen molar-refractivity contribution in [1.82, 2.24) is 5.48 Å². The molecule has 0 unspecified atom stereocenters. The average molecular weight is 293 g/mol. The average Bonchev–Trinajstić information content (AvgIpc) is 2.52. The molecule has 0 spiro atoms. The van der Waals surface area contributed by atoms with E-state index in [9.17, 15) is 14.9 Å². The summed E-state index contributed by atoms with van der Waals surface area (Å²) in [7, 11) is 0. The third-order valence-electron chi connectivity index (χ3n) is 3.60. The molecule has 0 aliphatic carbocycles. The van der Waals surface area contributed by atoms with Gasteiger partial charge in [-0.3, -0.25) is 19.7 Å². The number of anilines is 1. The van der Waals surface area contributed by atoms with Crippen LogP contribution in [0.2, 0.25) is 0 Å². The van der Waals surface area contributed by atoms with E-state index in [2.05, 4.69) is 5.48 Å². The normalized spacial score (nSPS) is 15.8. The van der Waals surface area contributed by atoms with E-state index in [4.69, 9.17) is 4.84 Å². The summed E-state index contributed by atoms with van der Waals surface area (Å²) in [6, 6.07) is 6.70. The quantitative estimate of drug-likeness (QED) is 0.662. The zero-order valence-electron chi connectivity index (χ0n) is 11.9. The predicted octanol–water partition coefficient (Wildman–Crippen LogP) is 1.88. The number of carbonyl (C=O) groups excluding carboxylic acids is 1. The van der Waals surface area contributed by atoms with Gasteiger partial charge in [0, 0.05) is 25.1 Å². The van der Waals surface area contributed by atoms with Gasteiger partial charge in [0.15, 0.2) is 0 Å². The Labute approximate surface area is 123 Å². The van der Waals surface area contributed by atoms with E-state index in [-0.39, 0.29) is 22.4 Å². The van der Waals surface area contributed by atoms with Crippen LogP contribution in [0.4, 0.5) is 11.4 Å². The van der Waals surface area contributed by atoms with Gasteiger partial charge in [0.05, 0.1) is 11.5 Å². The highest BCUT2D eigenvalue weighted by atomic mass is 16.6. The van der Waals surface area contributed by atoms with Crippen LogP contribution in [0.15, 0.2) is 24.3 Å². The SMILES string of the molecule is CCONC(=O)C1CCN(c2ccccc2[N+](=O)[O-])CC1. The number of carbonyl (C=O) groups is 1. The number of rotatable bonds is 5. The van der Waals surface area contributed by atoms with E-state index < -0.39 is 0 Å². The summed E-state index contributed by atoms with van der Waals surface area (Å²) in [5.41, 5.74) is 3.14. The van der Waals surface area contributed by atoms with Gasteiger partial charge < -0.3 is 4.90 Å². The van der Waals surface area contributed by atoms with E-state index in [0.717, 1.165) is 0 Å². The van der Waals surface area contributed by atoms with Crippen molar-refractivity contribution in [2.45, 2.75) is 19.8 Å². The number of para-hydroxylation sites is 2. The minimum atomic E-state index is -0.372. The maximum atomic E-state index is 11.8. The molecule has 1 fully saturated rings. The van der Waals surface area contributed by atoms with Crippen molar-refractivity contribution >= 4 is 17.3 Å². The molecule has 7 nitrogen and oxygen atoms in total. The van der Waals surface area contributed by atoms with E-state index in [1.54, 1.807) is 25.1 Å². The van der Waals surface area contributed by atoms with Crippen LogP contribution < -0.4 is 10.4 Å². The molecule has 1 aliphatic rings. The highest BCUT2D eigenvalue weighted by Gasteiger charge is 2.28. The molecule has 0 saturated carbocycles. The summed E-state index contributed by atoms with van der Waals surface area (Å²) in [6.45, 7) is 3.47. The van der Waals surface area contributed by atoms with Gasteiger partial charge >= 0.3 is 0 Å². The van der Waals surface area contributed by atoms with Crippen molar-refractivity contribution in [2.24, 2.45) is 5.92 Å². The molecular weight excluding hydrogens is 274 g/mol. The third-order valence-corrected chi connectivity index (χ3v) is 3.60. The second-order valence-electron chi connectivity index (χ2n) is 4.91. The first-order valence-electron chi connectivity index (χ1n) is 7.03. The zero-order chi connectivity index (χ0) is 15.2. The molecule has 1 N–H and O–H groups in total. The van der Waals surface area contributed by atoms with Crippen LogP contribution in [0, 0.1) is 16.0 Å². The molecule has 2 rings (SSSR count). The predicted molar refractivity (Wildman–Crippen MR) is 77.8 cm³/mol. The Morgan fingerprint density at radius 1 is 1.43 bits per heavy atom. The maximum Gasteiger partial charge on any atom is 0.292 e. The van der Waals surface area contributed by atoms with Crippen LogP contribution in [0.25, 0.3) is 0 Å². The van der Waals surface area contributed by atoms with Gasteiger partial charge in [0.25, 0.3) is 5.69 Å². The van der Waals surface area contributed by atoms with E-state index in [1.165, 1.54) is 6.07 Å². The van der Waals surface area contributed by atoms with Crippen LogP contribution in [0.5, 0.6) is 0 Å². The molecule has 0 atom stereocenters. The van der Waals surface area contributed by atoms with Crippen LogP contribution in [0.3, 0.4) is 0 Å². The topological polar surface area (TPSA) is 84.7 Å². The van der Waals surface area contributed by atoms with Crippen molar-refractivity contribution in [1.29, 1.82) is 0 Å². The van der Waals surface area contributed by atoms with Crippen molar-refractivity contribution in [3.05, 3.63) is 34.4 Å². The fraction of sp³-hybridized carbons (Fsp3) is 0.500. The Balaban J connectivity index is 1.98. The van der Waals surface area contributed by atoms with Gasteiger partial charge in [-0.25, -0.2) is 5.48 Å². The Morgan fingerprint density at radius 2 is 2.10 bits per heavy atom. The number of hydrogen-bond donors (Lipinski definition) is 1. The molecule has 1 aromatic carbocycles. The van der Waals surface area contributed by atoms with Gasteiger partial charge in [-0.1, -0.05) is 12.1 Å². The fourth-order valence-corrected chi connectivity index (χ4v) is 2.50. The number of amides is 1. The van der Waals surface area contributed by atoms with Crippen molar-refractivity contribution in [2.75, 3.05) is 24.6 Å². The monoisotopic (exact) mass is 293 g/mol. The molecule has 7 heteroatoms. The number of hydroxylamine groups is 1. The lowest BCUT2D eigenvalue weighted by atomic mass is 9.95. The molecule has 1 aromatic rings. The first-order valence-corrected chi connectivity index (χ1v) is 7.03. The zero-order valence-corrected chi connectivity index (χ0v) is 11.9. The number of nitrogens with one attached hydrogen (secondary N) is 1. The summed E-state index contributed by atoms with van der Waals surface area (Å²) < 4.78 is 0. The van der Waals surface area contributed by atoms with Crippen LogP contribution in [-0.2, 0) is 9.63 Å². The number of hydrogen-bond acceptors (Lipinski definition) is 5. The van der Waals surface area contributed by atoms with Crippen molar-refractivity contribution < 1.29 is 14.6 Å². The van der Waals surface area contributed by atoms with Gasteiger partial charge in [0.1, 0.15) is 5.69 Å². The first kappa shape index (κ1) is 15.2. The molecule has 0 aromatic heterocycles. The number of nitro groups is 1. The van der Waals surface area contributed by atoms with Crippen molar-refractivity contribution in [3.63, 3.8) is 0 Å². The fourth-order valence-electron chi connectivity index (χ4n) is 2.50. The molecule has 1 heterocycles. The van der Waals surface area contributed by atoms with Gasteiger partial charge in [-0.2, -0.15) is 0 Å². The first-order chi connectivity index (χ1) is 10.1. The maximum absolute atomic E-state index is 11.8. The second kappa shape index (κ2) is 7.03. The summed E-state index contributed by atoms with van der Waals surface area (Å²) in [5, 5.41) is 11.1. The molecule has 21 heavy (non-hydrogen) atoms. The minimum absolute atomic E-state index is 0.101. The molecule has 0 radical (unpaired) electrons. The number of nitro benzene ring substituents is 1. The van der Waals surface area contributed by atoms with Gasteiger partial charge in [-0.05, 0) is 25.8 Å². The smallest absolute Gasteiger partial charge is 0.292 e.